The third kappa shape index (κ3) is 2.65. The summed E-state index contributed by atoms with van der Waals surface area (Å²) in [6, 6.07) is 13.7. The van der Waals surface area contributed by atoms with Crippen molar-refractivity contribution in [2.75, 3.05) is 0 Å². The zero-order valence-electron chi connectivity index (χ0n) is 12.1. The molecule has 0 saturated carbocycles. The molecule has 1 heterocycles. The Morgan fingerprint density at radius 2 is 1.95 bits per heavy atom. The van der Waals surface area contributed by atoms with Gasteiger partial charge in [-0.1, -0.05) is 42.0 Å². The van der Waals surface area contributed by atoms with Crippen LogP contribution in [0.25, 0.3) is 10.9 Å². The number of carbonyl (C=O) groups is 1. The lowest BCUT2D eigenvalue weighted by Crippen LogP contribution is -2.26. The first-order chi connectivity index (χ1) is 10.1. The van der Waals surface area contributed by atoms with Crippen LogP contribution >= 0.6 is 0 Å². The molecule has 21 heavy (non-hydrogen) atoms. The highest BCUT2D eigenvalue weighted by Gasteiger charge is 2.14. The number of nitrogens with one attached hydrogen (secondary N) is 2. The van der Waals surface area contributed by atoms with Crippen LogP contribution in [0.3, 0.4) is 0 Å². The van der Waals surface area contributed by atoms with E-state index in [1.807, 2.05) is 50.2 Å². The summed E-state index contributed by atoms with van der Waals surface area (Å²) >= 11 is 0. The molecular formula is C17H17N3O. The van der Waals surface area contributed by atoms with Crippen LogP contribution in [0, 0.1) is 6.92 Å². The Morgan fingerprint density at radius 1 is 1.19 bits per heavy atom. The number of aromatic amines is 1. The van der Waals surface area contributed by atoms with Crippen molar-refractivity contribution >= 4 is 16.8 Å². The lowest BCUT2D eigenvalue weighted by molar-refractivity contribution is 0.0941. The third-order valence-electron chi connectivity index (χ3n) is 3.65. The Labute approximate surface area is 123 Å². The van der Waals surface area contributed by atoms with E-state index in [0.29, 0.717) is 5.56 Å². The molecule has 2 N–H and O–H groups in total. The fourth-order valence-corrected chi connectivity index (χ4v) is 2.37. The number of aryl methyl sites for hydroxylation is 1. The van der Waals surface area contributed by atoms with Crippen molar-refractivity contribution in [2.45, 2.75) is 19.9 Å². The zero-order valence-corrected chi connectivity index (χ0v) is 12.1. The maximum absolute atomic E-state index is 12.4. The summed E-state index contributed by atoms with van der Waals surface area (Å²) in [5.74, 6) is -0.0991. The summed E-state index contributed by atoms with van der Waals surface area (Å²) in [6.45, 7) is 4.03. The predicted octanol–water partition coefficient (Wildman–Crippen LogP) is 3.36. The van der Waals surface area contributed by atoms with Gasteiger partial charge >= 0.3 is 0 Å². The average molecular weight is 279 g/mol. The second-order valence-corrected chi connectivity index (χ2v) is 5.25. The summed E-state index contributed by atoms with van der Waals surface area (Å²) in [6.07, 6.45) is 1.72. The molecule has 0 aliphatic heterocycles. The molecule has 0 saturated heterocycles. The van der Waals surface area contributed by atoms with Crippen LogP contribution in [0.2, 0.25) is 0 Å². The normalized spacial score (nSPS) is 12.3. The molecule has 0 bridgehead atoms. The molecule has 3 aromatic rings. The van der Waals surface area contributed by atoms with Crippen molar-refractivity contribution in [3.8, 4) is 0 Å². The monoisotopic (exact) mass is 279 g/mol. The molecular weight excluding hydrogens is 262 g/mol. The van der Waals surface area contributed by atoms with Crippen LogP contribution < -0.4 is 5.32 Å². The molecule has 4 heteroatoms. The molecule has 0 fully saturated rings. The molecule has 0 aliphatic rings. The first-order valence-corrected chi connectivity index (χ1v) is 6.94. The van der Waals surface area contributed by atoms with Gasteiger partial charge in [0.15, 0.2) is 0 Å². The van der Waals surface area contributed by atoms with E-state index in [-0.39, 0.29) is 11.9 Å². The number of carbonyl (C=O) groups excluding carboxylic acids is 1. The van der Waals surface area contributed by atoms with E-state index in [9.17, 15) is 4.79 Å². The number of amides is 1. The molecule has 1 amide bonds. The minimum absolute atomic E-state index is 0.0451. The van der Waals surface area contributed by atoms with Crippen LogP contribution in [0.15, 0.2) is 48.7 Å². The van der Waals surface area contributed by atoms with Crippen molar-refractivity contribution in [3.63, 3.8) is 0 Å². The fraction of sp³-hybridized carbons (Fsp3) is 0.176. The van der Waals surface area contributed by atoms with E-state index in [0.717, 1.165) is 16.5 Å². The van der Waals surface area contributed by atoms with E-state index in [2.05, 4.69) is 15.5 Å². The van der Waals surface area contributed by atoms with Crippen LogP contribution in [-0.2, 0) is 0 Å². The SMILES string of the molecule is Cc1ccc(C(C)NC(=O)c2cccc3cn[nH]c23)cc1. The van der Waals surface area contributed by atoms with Gasteiger partial charge in [-0.2, -0.15) is 5.10 Å². The van der Waals surface area contributed by atoms with Crippen LogP contribution in [0.4, 0.5) is 0 Å². The van der Waals surface area contributed by atoms with E-state index < -0.39 is 0 Å². The van der Waals surface area contributed by atoms with Gasteiger partial charge in [0.25, 0.3) is 5.91 Å². The number of aromatic nitrogens is 2. The zero-order chi connectivity index (χ0) is 14.8. The minimum atomic E-state index is -0.0991. The lowest BCUT2D eigenvalue weighted by Gasteiger charge is -2.15. The van der Waals surface area contributed by atoms with Gasteiger partial charge in [-0.25, -0.2) is 0 Å². The molecule has 2 aromatic carbocycles. The van der Waals surface area contributed by atoms with Gasteiger partial charge in [-0.15, -0.1) is 0 Å². The molecule has 3 rings (SSSR count). The van der Waals surface area contributed by atoms with Gasteiger partial charge in [-0.05, 0) is 25.5 Å². The Bertz CT molecular complexity index is 774. The number of hydrogen-bond acceptors (Lipinski definition) is 2. The molecule has 1 unspecified atom stereocenters. The molecule has 1 aromatic heterocycles. The van der Waals surface area contributed by atoms with E-state index >= 15 is 0 Å². The third-order valence-corrected chi connectivity index (χ3v) is 3.65. The van der Waals surface area contributed by atoms with E-state index in [4.69, 9.17) is 0 Å². The van der Waals surface area contributed by atoms with Gasteiger partial charge in [0.1, 0.15) is 0 Å². The van der Waals surface area contributed by atoms with Crippen molar-refractivity contribution in [2.24, 2.45) is 0 Å². The molecule has 4 nitrogen and oxygen atoms in total. The second-order valence-electron chi connectivity index (χ2n) is 5.25. The number of rotatable bonds is 3. The maximum Gasteiger partial charge on any atom is 0.253 e. The Hall–Kier alpha value is -2.62. The van der Waals surface area contributed by atoms with Gasteiger partial charge in [0, 0.05) is 5.39 Å². The Morgan fingerprint density at radius 3 is 2.71 bits per heavy atom. The number of fused-ring (bicyclic) bond motifs is 1. The molecule has 0 radical (unpaired) electrons. The van der Waals surface area contributed by atoms with Crippen molar-refractivity contribution in [3.05, 3.63) is 65.4 Å². The highest BCUT2D eigenvalue weighted by atomic mass is 16.1. The van der Waals surface area contributed by atoms with E-state index in [1.165, 1.54) is 5.56 Å². The van der Waals surface area contributed by atoms with Crippen LogP contribution in [0.5, 0.6) is 0 Å². The number of benzene rings is 2. The Balaban J connectivity index is 1.83. The van der Waals surface area contributed by atoms with Crippen molar-refractivity contribution < 1.29 is 4.79 Å². The van der Waals surface area contributed by atoms with Gasteiger partial charge in [-0.3, -0.25) is 9.89 Å². The van der Waals surface area contributed by atoms with Crippen LogP contribution in [-0.4, -0.2) is 16.1 Å². The number of hydrogen-bond donors (Lipinski definition) is 2. The molecule has 106 valence electrons. The van der Waals surface area contributed by atoms with Gasteiger partial charge < -0.3 is 5.32 Å². The van der Waals surface area contributed by atoms with Crippen molar-refractivity contribution in [1.82, 2.24) is 15.5 Å². The van der Waals surface area contributed by atoms with Gasteiger partial charge in [0.2, 0.25) is 0 Å². The van der Waals surface area contributed by atoms with Crippen LogP contribution in [0.1, 0.15) is 34.5 Å². The summed E-state index contributed by atoms with van der Waals surface area (Å²) in [4.78, 5) is 12.4. The summed E-state index contributed by atoms with van der Waals surface area (Å²) in [5, 5.41) is 10.8. The van der Waals surface area contributed by atoms with E-state index in [1.54, 1.807) is 12.3 Å². The quantitative estimate of drug-likeness (QED) is 0.772. The lowest BCUT2D eigenvalue weighted by atomic mass is 10.1. The highest BCUT2D eigenvalue weighted by Crippen LogP contribution is 2.18. The minimum Gasteiger partial charge on any atom is -0.345 e. The number of H-pyrrole nitrogens is 1. The summed E-state index contributed by atoms with van der Waals surface area (Å²) in [7, 11) is 0. The molecule has 0 aliphatic carbocycles. The first kappa shape index (κ1) is 13.4. The smallest absolute Gasteiger partial charge is 0.253 e. The average Bonchev–Trinajstić information content (AvgIpc) is 2.96. The maximum atomic E-state index is 12.4. The number of para-hydroxylation sites is 1. The number of nitrogens with zero attached hydrogens (tertiary/aromatic N) is 1. The predicted molar refractivity (Wildman–Crippen MR) is 83.2 cm³/mol. The standard InChI is InChI=1S/C17H17N3O/c1-11-6-8-13(9-7-11)12(2)19-17(21)15-5-3-4-14-10-18-20-16(14)15/h3-10,12H,1-2H3,(H,18,20)(H,19,21). The topological polar surface area (TPSA) is 57.8 Å². The summed E-state index contributed by atoms with van der Waals surface area (Å²) < 4.78 is 0. The fourth-order valence-electron chi connectivity index (χ4n) is 2.37. The molecule has 0 spiro atoms. The molecule has 1 atom stereocenters. The summed E-state index contributed by atoms with van der Waals surface area (Å²) in [5.41, 5.74) is 3.68. The largest absolute Gasteiger partial charge is 0.345 e. The second kappa shape index (κ2) is 5.40. The first-order valence-electron chi connectivity index (χ1n) is 6.94. The van der Waals surface area contributed by atoms with Crippen molar-refractivity contribution in [1.29, 1.82) is 0 Å². The van der Waals surface area contributed by atoms with Gasteiger partial charge in [0.05, 0.1) is 23.3 Å². The Kier molecular flexibility index (Phi) is 3.44. The highest BCUT2D eigenvalue weighted by molar-refractivity contribution is 6.05.